The van der Waals surface area contributed by atoms with Crippen LogP contribution in [0.5, 0.6) is 0 Å². The third-order valence-corrected chi connectivity index (χ3v) is 7.78. The summed E-state index contributed by atoms with van der Waals surface area (Å²) in [7, 11) is 0. The van der Waals surface area contributed by atoms with Gasteiger partial charge in [-0.2, -0.15) is 4.48 Å². The molecule has 1 unspecified atom stereocenters. The molecule has 8 rings (SSSR count). The van der Waals surface area contributed by atoms with Crippen LogP contribution in [0.2, 0.25) is 0 Å². The first-order valence-electron chi connectivity index (χ1n) is 11.9. The Hall–Kier alpha value is -4.27. The third-order valence-electron chi connectivity index (χ3n) is 7.78. The molecule has 1 aromatic heterocycles. The lowest BCUT2D eigenvalue weighted by atomic mass is 9.99. The zero-order valence-corrected chi connectivity index (χ0v) is 18.6. The Bertz CT molecular complexity index is 1710. The van der Waals surface area contributed by atoms with Gasteiger partial charge in [0.25, 0.3) is 0 Å². The van der Waals surface area contributed by atoms with E-state index in [9.17, 15) is 0 Å². The predicted octanol–water partition coefficient (Wildman–Crippen LogP) is 7.79. The van der Waals surface area contributed by atoms with Crippen LogP contribution >= 0.6 is 0 Å². The molecule has 2 aliphatic rings. The second kappa shape index (κ2) is 6.40. The van der Waals surface area contributed by atoms with Crippen LogP contribution < -0.4 is 9.05 Å². The number of aromatic nitrogens is 1. The summed E-state index contributed by atoms with van der Waals surface area (Å²) in [5.41, 5.74) is 8.00. The fourth-order valence-corrected chi connectivity index (χ4v) is 6.48. The molecule has 0 aliphatic carbocycles. The van der Waals surface area contributed by atoms with Crippen molar-refractivity contribution >= 4 is 38.6 Å². The SMILES string of the molecule is c1ccc([N+]2(c3ccccc3)c3cccc4ccc5c(c34)C2[n+]2cc3ccccc3cc2-5)cc1. The van der Waals surface area contributed by atoms with Crippen LogP contribution in [0.15, 0.2) is 128 Å². The maximum absolute atomic E-state index is 2.53. The number of hydrogen-bond donors (Lipinski definition) is 0. The van der Waals surface area contributed by atoms with Gasteiger partial charge in [0.2, 0.25) is 5.69 Å². The molecule has 6 aromatic rings. The van der Waals surface area contributed by atoms with Crippen molar-refractivity contribution in [3.63, 3.8) is 0 Å². The van der Waals surface area contributed by atoms with Crippen molar-refractivity contribution in [2.24, 2.45) is 0 Å². The molecule has 0 saturated heterocycles. The van der Waals surface area contributed by atoms with Gasteiger partial charge >= 0.3 is 6.17 Å². The Balaban J connectivity index is 1.60. The second-order valence-corrected chi connectivity index (χ2v) is 9.36. The van der Waals surface area contributed by atoms with Gasteiger partial charge in [-0.15, -0.1) is 4.57 Å². The van der Waals surface area contributed by atoms with Crippen molar-refractivity contribution in [1.29, 1.82) is 0 Å². The van der Waals surface area contributed by atoms with Crippen molar-refractivity contribution in [3.8, 4) is 11.3 Å². The quantitative estimate of drug-likeness (QED) is 0.193. The first kappa shape index (κ1) is 18.2. The Morgan fingerprint density at radius 3 is 1.94 bits per heavy atom. The Labute approximate surface area is 198 Å². The van der Waals surface area contributed by atoms with Crippen LogP contribution in [0.4, 0.5) is 17.1 Å². The summed E-state index contributed by atoms with van der Waals surface area (Å²) in [6, 6.07) is 44.6. The average Bonchev–Trinajstić information content (AvgIpc) is 3.40. The van der Waals surface area contributed by atoms with Gasteiger partial charge in [0.1, 0.15) is 16.9 Å². The van der Waals surface area contributed by atoms with E-state index in [1.807, 2.05) is 0 Å². The summed E-state index contributed by atoms with van der Waals surface area (Å²) in [5.74, 6) is 0. The molecule has 1 atom stereocenters. The van der Waals surface area contributed by atoms with Crippen LogP contribution in [0.25, 0.3) is 32.8 Å². The Kier molecular flexibility index (Phi) is 3.43. The highest BCUT2D eigenvalue weighted by molar-refractivity contribution is 6.06. The largest absolute Gasteiger partial charge is 0.327 e. The van der Waals surface area contributed by atoms with Gasteiger partial charge in [-0.1, -0.05) is 72.8 Å². The first-order valence-corrected chi connectivity index (χ1v) is 11.9. The van der Waals surface area contributed by atoms with Gasteiger partial charge < -0.3 is 0 Å². The number of nitrogens with zero attached hydrogens (tertiary/aromatic N) is 2. The lowest BCUT2D eigenvalue weighted by molar-refractivity contribution is -0.709. The highest BCUT2D eigenvalue weighted by Gasteiger charge is 2.61. The number of benzene rings is 5. The molecule has 0 fully saturated rings. The predicted molar refractivity (Wildman–Crippen MR) is 139 cm³/mol. The van der Waals surface area contributed by atoms with Crippen molar-refractivity contribution in [2.45, 2.75) is 6.17 Å². The monoisotopic (exact) mass is 434 g/mol. The lowest BCUT2D eigenvalue weighted by Gasteiger charge is -2.35. The van der Waals surface area contributed by atoms with Crippen molar-refractivity contribution in [2.75, 3.05) is 0 Å². The molecule has 0 N–H and O–H groups in total. The minimum Gasteiger partial charge on any atom is -0.164 e. The summed E-state index contributed by atoms with van der Waals surface area (Å²) >= 11 is 0. The molecule has 5 aromatic carbocycles. The number of rotatable bonds is 2. The molecule has 0 saturated carbocycles. The molecule has 0 radical (unpaired) electrons. The van der Waals surface area contributed by atoms with Crippen molar-refractivity contribution in [3.05, 3.63) is 133 Å². The van der Waals surface area contributed by atoms with Gasteiger partial charge in [0.15, 0.2) is 11.9 Å². The number of fused-ring (bicyclic) bond motifs is 4. The van der Waals surface area contributed by atoms with Crippen molar-refractivity contribution < 1.29 is 4.57 Å². The fourth-order valence-electron chi connectivity index (χ4n) is 6.48. The highest BCUT2D eigenvalue weighted by atomic mass is 15.5. The molecule has 2 heteroatoms. The first-order chi connectivity index (χ1) is 16.9. The van der Waals surface area contributed by atoms with Crippen LogP contribution in [-0.4, -0.2) is 0 Å². The van der Waals surface area contributed by atoms with E-state index in [4.69, 9.17) is 0 Å². The summed E-state index contributed by atoms with van der Waals surface area (Å²) < 4.78 is 3.19. The Morgan fingerprint density at radius 1 is 0.559 bits per heavy atom. The second-order valence-electron chi connectivity index (χ2n) is 9.36. The summed E-state index contributed by atoms with van der Waals surface area (Å²) in [6.45, 7) is 0. The zero-order chi connectivity index (χ0) is 22.3. The van der Waals surface area contributed by atoms with Crippen LogP contribution in [0, 0.1) is 0 Å². The number of quaternary nitrogens is 1. The van der Waals surface area contributed by atoms with E-state index in [0.717, 1.165) is 0 Å². The molecular formula is C32H22N2+2. The number of para-hydroxylation sites is 2. The number of hydrogen-bond acceptors (Lipinski definition) is 0. The van der Waals surface area contributed by atoms with Crippen molar-refractivity contribution in [1.82, 2.24) is 4.48 Å². The molecular weight excluding hydrogens is 412 g/mol. The fraction of sp³-hybridized carbons (Fsp3) is 0.0312. The molecule has 3 heterocycles. The van der Waals surface area contributed by atoms with Gasteiger partial charge in [-0.3, -0.25) is 0 Å². The van der Waals surface area contributed by atoms with Crippen LogP contribution in [0.3, 0.4) is 0 Å². The number of pyridine rings is 1. The highest BCUT2D eigenvalue weighted by Crippen LogP contribution is 2.61. The molecule has 0 spiro atoms. The molecule has 0 bridgehead atoms. The van der Waals surface area contributed by atoms with Gasteiger partial charge in [-0.25, -0.2) is 0 Å². The smallest absolute Gasteiger partial charge is 0.164 e. The minimum atomic E-state index is 0.0977. The maximum atomic E-state index is 2.53. The van der Waals surface area contributed by atoms with Gasteiger partial charge in [0.05, 0.1) is 10.9 Å². The van der Waals surface area contributed by atoms with E-state index in [1.165, 1.54) is 55.4 Å². The van der Waals surface area contributed by atoms with E-state index in [1.54, 1.807) is 0 Å². The molecule has 0 amide bonds. The standard InChI is InChI=1S/C32H22N2/c1-3-13-25(14-4-1)34(26-15-5-2-6-16-26)29-17-9-12-22-18-19-27-28-20-23-10-7-8-11-24(23)21-33(28)32(34)31(27)30(22)29/h1-21,32H/q+2. The molecule has 158 valence electrons. The normalized spacial score (nSPS) is 16.8. The average molecular weight is 435 g/mol. The molecule has 2 nitrogen and oxygen atoms in total. The van der Waals surface area contributed by atoms with Gasteiger partial charge in [-0.05, 0) is 22.9 Å². The Morgan fingerprint density at radius 2 is 1.21 bits per heavy atom. The molecule has 2 aliphatic heterocycles. The minimum absolute atomic E-state index is 0.0977. The van der Waals surface area contributed by atoms with E-state index < -0.39 is 0 Å². The zero-order valence-electron chi connectivity index (χ0n) is 18.6. The lowest BCUT2D eigenvalue weighted by Crippen LogP contribution is -2.54. The van der Waals surface area contributed by atoms with E-state index >= 15 is 0 Å². The summed E-state index contributed by atoms with van der Waals surface area (Å²) in [5, 5.41) is 5.26. The van der Waals surface area contributed by atoms with Gasteiger partial charge in [0, 0.05) is 41.8 Å². The van der Waals surface area contributed by atoms with Crippen LogP contribution in [-0.2, 0) is 0 Å². The maximum Gasteiger partial charge on any atom is 0.327 e. The third kappa shape index (κ3) is 2.07. The summed E-state index contributed by atoms with van der Waals surface area (Å²) in [4.78, 5) is 0. The van der Waals surface area contributed by atoms with Crippen LogP contribution in [0.1, 0.15) is 11.7 Å². The topological polar surface area (TPSA) is 3.88 Å². The van der Waals surface area contributed by atoms with E-state index in [0.29, 0.717) is 4.48 Å². The summed E-state index contributed by atoms with van der Waals surface area (Å²) in [6.07, 6.45) is 2.46. The van der Waals surface area contributed by atoms with E-state index in [2.05, 4.69) is 132 Å². The van der Waals surface area contributed by atoms with E-state index in [-0.39, 0.29) is 6.17 Å². The molecule has 34 heavy (non-hydrogen) atoms.